The van der Waals surface area contributed by atoms with Crippen molar-refractivity contribution in [3.63, 3.8) is 0 Å². The third-order valence-electron chi connectivity index (χ3n) is 2.55. The van der Waals surface area contributed by atoms with Gasteiger partial charge in [-0.3, -0.25) is 0 Å². The smallest absolute Gasteiger partial charge is 0.341 e. The van der Waals surface area contributed by atoms with Crippen LogP contribution in [0.4, 0.5) is 0 Å². The van der Waals surface area contributed by atoms with Gasteiger partial charge in [0.1, 0.15) is 17.5 Å². The van der Waals surface area contributed by atoms with Gasteiger partial charge in [0.05, 0.1) is 12.7 Å². The van der Waals surface area contributed by atoms with Crippen molar-refractivity contribution in [3.05, 3.63) is 57.3 Å². The summed E-state index contributed by atoms with van der Waals surface area (Å²) in [6.45, 7) is 0.158. The number of ether oxygens (including phenoxy) is 2. The lowest BCUT2D eigenvalue weighted by Gasteiger charge is -2.07. The van der Waals surface area contributed by atoms with Crippen LogP contribution >= 0.6 is 27.5 Å². The number of carbonyl (C=O) groups excluding carboxylic acids is 1. The van der Waals surface area contributed by atoms with E-state index in [1.807, 2.05) is 12.1 Å². The lowest BCUT2D eigenvalue weighted by atomic mass is 10.2. The van der Waals surface area contributed by atoms with Gasteiger partial charge in [-0.25, -0.2) is 9.78 Å². The number of hydrogen-bond acceptors (Lipinski definition) is 4. The molecule has 104 valence electrons. The van der Waals surface area contributed by atoms with Crippen molar-refractivity contribution in [1.82, 2.24) is 4.98 Å². The summed E-state index contributed by atoms with van der Waals surface area (Å²) >= 11 is 9.10. The fourth-order valence-corrected chi connectivity index (χ4v) is 2.03. The van der Waals surface area contributed by atoms with E-state index in [2.05, 4.69) is 20.9 Å². The predicted molar refractivity (Wildman–Crippen MR) is 79.1 cm³/mol. The number of hydrogen-bond donors (Lipinski definition) is 0. The van der Waals surface area contributed by atoms with Gasteiger partial charge < -0.3 is 9.47 Å². The zero-order valence-corrected chi connectivity index (χ0v) is 12.9. The zero-order valence-electron chi connectivity index (χ0n) is 10.6. The number of pyridine rings is 1. The number of carbonyl (C=O) groups is 1. The molecule has 0 atom stereocenters. The first kappa shape index (κ1) is 14.8. The molecule has 0 unspecified atom stereocenters. The standard InChI is InChI=1S/C14H11BrClNO3/c1-19-11-4-2-9(3-5-11)8-20-14(18)12-6-10(15)7-17-13(12)16/h2-7H,8H2,1H3. The van der Waals surface area contributed by atoms with Crippen molar-refractivity contribution in [3.8, 4) is 5.75 Å². The van der Waals surface area contributed by atoms with Crippen molar-refractivity contribution in [2.45, 2.75) is 6.61 Å². The highest BCUT2D eigenvalue weighted by Crippen LogP contribution is 2.19. The number of esters is 1. The minimum Gasteiger partial charge on any atom is -0.497 e. The highest BCUT2D eigenvalue weighted by Gasteiger charge is 2.13. The molecule has 0 fully saturated rings. The second kappa shape index (κ2) is 6.72. The van der Waals surface area contributed by atoms with Crippen LogP contribution < -0.4 is 4.74 Å². The van der Waals surface area contributed by atoms with Crippen LogP contribution in [-0.4, -0.2) is 18.1 Å². The normalized spacial score (nSPS) is 10.2. The summed E-state index contributed by atoms with van der Waals surface area (Å²) in [6, 6.07) is 8.83. The molecule has 0 aliphatic heterocycles. The molecule has 0 aliphatic carbocycles. The first-order chi connectivity index (χ1) is 9.60. The van der Waals surface area contributed by atoms with Gasteiger partial charge in [-0.1, -0.05) is 23.7 Å². The van der Waals surface area contributed by atoms with Crippen molar-refractivity contribution in [2.75, 3.05) is 7.11 Å². The van der Waals surface area contributed by atoms with Gasteiger partial charge in [0, 0.05) is 10.7 Å². The number of halogens is 2. The van der Waals surface area contributed by atoms with Crippen LogP contribution in [0.1, 0.15) is 15.9 Å². The molecule has 0 radical (unpaired) electrons. The first-order valence-electron chi connectivity index (χ1n) is 5.71. The van der Waals surface area contributed by atoms with E-state index in [0.717, 1.165) is 11.3 Å². The summed E-state index contributed by atoms with van der Waals surface area (Å²) in [5.41, 5.74) is 1.09. The van der Waals surface area contributed by atoms with Crippen LogP contribution in [0.25, 0.3) is 0 Å². The van der Waals surface area contributed by atoms with E-state index in [0.29, 0.717) is 4.47 Å². The Kier molecular flexibility index (Phi) is 4.98. The Morgan fingerprint density at radius 2 is 2.05 bits per heavy atom. The van der Waals surface area contributed by atoms with E-state index in [-0.39, 0.29) is 17.3 Å². The molecule has 0 amide bonds. The molecular formula is C14H11BrClNO3. The summed E-state index contributed by atoms with van der Waals surface area (Å²) in [5.74, 6) is 0.235. The molecule has 4 nitrogen and oxygen atoms in total. The maximum absolute atomic E-state index is 11.9. The predicted octanol–water partition coefficient (Wildman–Crippen LogP) is 3.86. The van der Waals surface area contributed by atoms with Crippen LogP contribution in [0.5, 0.6) is 5.75 Å². The van der Waals surface area contributed by atoms with Crippen LogP contribution in [-0.2, 0) is 11.3 Å². The van der Waals surface area contributed by atoms with E-state index >= 15 is 0 Å². The Bertz CT molecular complexity index is 616. The number of nitrogens with zero attached hydrogens (tertiary/aromatic N) is 1. The van der Waals surface area contributed by atoms with Gasteiger partial charge in [-0.2, -0.15) is 0 Å². The molecule has 1 aromatic carbocycles. The lowest BCUT2D eigenvalue weighted by Crippen LogP contribution is -2.06. The van der Waals surface area contributed by atoms with E-state index in [1.165, 1.54) is 6.20 Å². The van der Waals surface area contributed by atoms with Crippen molar-refractivity contribution < 1.29 is 14.3 Å². The fraction of sp³-hybridized carbons (Fsp3) is 0.143. The first-order valence-corrected chi connectivity index (χ1v) is 6.88. The van der Waals surface area contributed by atoms with E-state index < -0.39 is 5.97 Å². The maximum Gasteiger partial charge on any atom is 0.341 e. The molecule has 1 heterocycles. The number of methoxy groups -OCH3 is 1. The van der Waals surface area contributed by atoms with Gasteiger partial charge >= 0.3 is 5.97 Å². The Balaban J connectivity index is 2.02. The summed E-state index contributed by atoms with van der Waals surface area (Å²) in [7, 11) is 1.59. The highest BCUT2D eigenvalue weighted by atomic mass is 79.9. The zero-order chi connectivity index (χ0) is 14.5. The molecule has 2 aromatic rings. The van der Waals surface area contributed by atoms with Crippen molar-refractivity contribution in [1.29, 1.82) is 0 Å². The Hall–Kier alpha value is -1.59. The van der Waals surface area contributed by atoms with Crippen LogP contribution in [0.15, 0.2) is 41.0 Å². The minimum absolute atomic E-state index is 0.118. The van der Waals surface area contributed by atoms with Gasteiger partial charge in [0.25, 0.3) is 0 Å². The molecule has 0 spiro atoms. The second-order valence-corrected chi connectivity index (χ2v) is 5.19. The molecule has 20 heavy (non-hydrogen) atoms. The van der Waals surface area contributed by atoms with Crippen LogP contribution in [0.3, 0.4) is 0 Å². The third kappa shape index (κ3) is 3.71. The Labute approximate surface area is 129 Å². The molecule has 0 aliphatic rings. The van der Waals surface area contributed by atoms with Gasteiger partial charge in [0.15, 0.2) is 0 Å². The summed E-state index contributed by atoms with van der Waals surface area (Å²) in [5, 5.41) is 0.118. The maximum atomic E-state index is 11.9. The monoisotopic (exact) mass is 355 g/mol. The number of aromatic nitrogens is 1. The SMILES string of the molecule is COc1ccc(COC(=O)c2cc(Br)cnc2Cl)cc1. The largest absolute Gasteiger partial charge is 0.497 e. The minimum atomic E-state index is -0.514. The van der Waals surface area contributed by atoms with E-state index in [9.17, 15) is 4.79 Å². The molecule has 6 heteroatoms. The molecular weight excluding hydrogens is 346 g/mol. The van der Waals surface area contributed by atoms with Gasteiger partial charge in [0.2, 0.25) is 0 Å². The molecule has 0 bridgehead atoms. The van der Waals surface area contributed by atoms with Gasteiger partial charge in [-0.05, 0) is 39.7 Å². The third-order valence-corrected chi connectivity index (χ3v) is 3.29. The molecule has 2 rings (SSSR count). The average Bonchev–Trinajstić information content (AvgIpc) is 2.47. The highest BCUT2D eigenvalue weighted by molar-refractivity contribution is 9.10. The van der Waals surface area contributed by atoms with E-state index in [1.54, 1.807) is 25.3 Å². The Morgan fingerprint density at radius 1 is 1.35 bits per heavy atom. The van der Waals surface area contributed by atoms with Crippen molar-refractivity contribution >= 4 is 33.5 Å². The lowest BCUT2D eigenvalue weighted by molar-refractivity contribution is 0.0472. The summed E-state index contributed by atoms with van der Waals surface area (Å²) in [4.78, 5) is 15.8. The molecule has 0 N–H and O–H groups in total. The fourth-order valence-electron chi connectivity index (χ4n) is 1.51. The summed E-state index contributed by atoms with van der Waals surface area (Å²) in [6.07, 6.45) is 1.52. The molecule has 0 saturated carbocycles. The number of benzene rings is 1. The quantitative estimate of drug-likeness (QED) is 0.616. The average molecular weight is 357 g/mol. The summed E-state index contributed by atoms with van der Waals surface area (Å²) < 4.78 is 10.9. The van der Waals surface area contributed by atoms with Crippen molar-refractivity contribution in [2.24, 2.45) is 0 Å². The molecule has 0 saturated heterocycles. The van der Waals surface area contributed by atoms with E-state index in [4.69, 9.17) is 21.1 Å². The Morgan fingerprint density at radius 3 is 2.70 bits per heavy atom. The topological polar surface area (TPSA) is 48.4 Å². The second-order valence-electron chi connectivity index (χ2n) is 3.92. The van der Waals surface area contributed by atoms with Gasteiger partial charge in [-0.15, -0.1) is 0 Å². The van der Waals surface area contributed by atoms with Crippen LogP contribution in [0, 0.1) is 0 Å². The van der Waals surface area contributed by atoms with Crippen LogP contribution in [0.2, 0.25) is 5.15 Å². The molecule has 1 aromatic heterocycles. The number of rotatable bonds is 4.